The molecule has 12 nitrogen and oxygen atoms in total. The first-order valence-electron chi connectivity index (χ1n) is 14.3. The zero-order chi connectivity index (χ0) is 31.2. The molecule has 0 saturated heterocycles. The summed E-state index contributed by atoms with van der Waals surface area (Å²) in [4.78, 5) is 42.2. The minimum atomic E-state index is -0.971. The van der Waals surface area contributed by atoms with Crippen molar-refractivity contribution in [3.05, 3.63) is 82.4 Å². The molecule has 43 heavy (non-hydrogen) atoms. The molecule has 0 spiro atoms. The van der Waals surface area contributed by atoms with Gasteiger partial charge in [-0.05, 0) is 37.5 Å². The normalized spacial score (nSPS) is 12.3. The zero-order valence-electron chi connectivity index (χ0n) is 24.6. The van der Waals surface area contributed by atoms with Crippen LogP contribution in [-0.4, -0.2) is 53.2 Å². The van der Waals surface area contributed by atoms with Gasteiger partial charge in [0.05, 0.1) is 24.8 Å². The van der Waals surface area contributed by atoms with Gasteiger partial charge in [0.15, 0.2) is 5.96 Å². The highest BCUT2D eigenvalue weighted by Gasteiger charge is 2.23. The summed E-state index contributed by atoms with van der Waals surface area (Å²) in [5.41, 5.74) is 13.1. The van der Waals surface area contributed by atoms with Crippen molar-refractivity contribution in [2.75, 3.05) is 19.8 Å². The van der Waals surface area contributed by atoms with Crippen molar-refractivity contribution in [3.63, 3.8) is 0 Å². The van der Waals surface area contributed by atoms with E-state index in [0.29, 0.717) is 55.4 Å². The van der Waals surface area contributed by atoms with E-state index < -0.39 is 24.1 Å². The lowest BCUT2D eigenvalue weighted by atomic mass is 10.1. The van der Waals surface area contributed by atoms with Gasteiger partial charge in [-0.25, -0.2) is 9.78 Å². The number of hydrogen-bond acceptors (Lipinski definition) is 9. The van der Waals surface area contributed by atoms with Gasteiger partial charge in [-0.15, -0.1) is 0 Å². The molecule has 0 aliphatic heterocycles. The van der Waals surface area contributed by atoms with Crippen LogP contribution in [-0.2, 0) is 32.0 Å². The number of nitrogens with two attached hydrogens (primary N) is 2. The van der Waals surface area contributed by atoms with E-state index in [0.717, 1.165) is 5.56 Å². The molecule has 2 atom stereocenters. The first kappa shape index (κ1) is 33.0. The van der Waals surface area contributed by atoms with Crippen molar-refractivity contribution >= 4 is 17.9 Å². The van der Waals surface area contributed by atoms with Crippen LogP contribution in [0, 0.1) is 5.41 Å². The number of carbonyl (C=O) groups is 2. The molecule has 1 heterocycles. The second-order valence-electron chi connectivity index (χ2n) is 9.71. The maximum Gasteiger partial charge on any atom is 0.330 e. The van der Waals surface area contributed by atoms with Gasteiger partial charge in [0.1, 0.15) is 24.2 Å². The summed E-state index contributed by atoms with van der Waals surface area (Å²) in [7, 11) is 0. The van der Waals surface area contributed by atoms with Crippen LogP contribution < -0.4 is 27.1 Å². The molecule has 12 heteroatoms. The lowest BCUT2D eigenvalue weighted by molar-refractivity contribution is -0.162. The first-order valence-corrected chi connectivity index (χ1v) is 14.3. The molecule has 0 radical (unpaired) electrons. The second kappa shape index (κ2) is 16.8. The molecular formula is C31H40N6O6. The summed E-state index contributed by atoms with van der Waals surface area (Å²) in [6, 6.07) is 17.2. The van der Waals surface area contributed by atoms with Crippen LogP contribution in [0.4, 0.5) is 0 Å². The minimum absolute atomic E-state index is 0.138. The number of benzene rings is 2. The summed E-state index contributed by atoms with van der Waals surface area (Å²) >= 11 is 0. The Hall–Kier alpha value is -4.55. The standard InChI is InChI=1S/C31H40N6O6/c1-3-27-36-25(21-9-6-5-7-10-21)19-28(38)37(27)17-18-42-23-14-12-22(13-15-23)26(41-4-2)20-29(39)43-30(40)24(32)11-8-16-35-31(33)34/h5-7,9-10,12-15,19,24,26H,3-4,8,11,16-18,20,32H2,1-2H3,(H4,33,34,35)/t24-,26?/m0/s1. The quantitative estimate of drug-likeness (QED) is 0.0634. The summed E-state index contributed by atoms with van der Waals surface area (Å²) in [6.07, 6.45) is 0.547. The summed E-state index contributed by atoms with van der Waals surface area (Å²) < 4.78 is 18.2. The number of hydrogen-bond donors (Lipinski definition) is 4. The van der Waals surface area contributed by atoms with Crippen LogP contribution in [0.25, 0.3) is 11.3 Å². The first-order chi connectivity index (χ1) is 20.7. The highest BCUT2D eigenvalue weighted by atomic mass is 16.6. The fourth-order valence-electron chi connectivity index (χ4n) is 4.37. The van der Waals surface area contributed by atoms with Crippen LogP contribution in [0.15, 0.2) is 65.5 Å². The molecule has 6 N–H and O–H groups in total. The monoisotopic (exact) mass is 592 g/mol. The van der Waals surface area contributed by atoms with Crippen molar-refractivity contribution in [1.29, 1.82) is 5.41 Å². The van der Waals surface area contributed by atoms with E-state index in [9.17, 15) is 14.4 Å². The average molecular weight is 593 g/mol. The number of aryl methyl sites for hydroxylation is 1. The van der Waals surface area contributed by atoms with Gasteiger partial charge in [0.2, 0.25) is 0 Å². The Labute approximate surface area is 250 Å². The van der Waals surface area contributed by atoms with Crippen molar-refractivity contribution < 1.29 is 23.8 Å². The number of aromatic nitrogens is 2. The topological polar surface area (TPSA) is 185 Å². The SMILES string of the molecule is CCOC(CC(=O)OC(=O)[C@@H](N)CCCNC(=N)N)c1ccc(OCCn2c(CC)nc(-c3ccccc3)cc2=O)cc1. The second-order valence-corrected chi connectivity index (χ2v) is 9.71. The Kier molecular flexibility index (Phi) is 12.9. The maximum atomic E-state index is 12.9. The van der Waals surface area contributed by atoms with Crippen LogP contribution in [0.5, 0.6) is 5.75 Å². The van der Waals surface area contributed by atoms with Crippen LogP contribution in [0.2, 0.25) is 0 Å². The Morgan fingerprint density at radius 2 is 1.81 bits per heavy atom. The van der Waals surface area contributed by atoms with E-state index in [1.165, 1.54) is 6.07 Å². The van der Waals surface area contributed by atoms with Gasteiger partial charge in [-0.1, -0.05) is 49.4 Å². The van der Waals surface area contributed by atoms with E-state index in [-0.39, 0.29) is 31.0 Å². The molecule has 1 aromatic heterocycles. The summed E-state index contributed by atoms with van der Waals surface area (Å²) in [6.45, 7) is 5.08. The van der Waals surface area contributed by atoms with Gasteiger partial charge in [0.25, 0.3) is 5.56 Å². The predicted molar refractivity (Wildman–Crippen MR) is 162 cm³/mol. The van der Waals surface area contributed by atoms with E-state index in [1.807, 2.05) is 37.3 Å². The van der Waals surface area contributed by atoms with Crippen LogP contribution in [0.1, 0.15) is 50.6 Å². The minimum Gasteiger partial charge on any atom is -0.492 e. The van der Waals surface area contributed by atoms with Gasteiger partial charge < -0.3 is 31.0 Å². The molecule has 0 saturated carbocycles. The Balaban J connectivity index is 1.54. The number of esters is 2. The highest BCUT2D eigenvalue weighted by molar-refractivity contribution is 5.88. The van der Waals surface area contributed by atoms with E-state index in [1.54, 1.807) is 35.8 Å². The number of carbonyl (C=O) groups excluding carboxylic acids is 2. The Morgan fingerprint density at radius 1 is 1.09 bits per heavy atom. The summed E-state index contributed by atoms with van der Waals surface area (Å²) in [5, 5.41) is 9.74. The fraction of sp³-hybridized carbons (Fsp3) is 0.387. The van der Waals surface area contributed by atoms with E-state index >= 15 is 0 Å². The van der Waals surface area contributed by atoms with Gasteiger partial charge >= 0.3 is 11.9 Å². The van der Waals surface area contributed by atoms with Crippen LogP contribution in [0.3, 0.4) is 0 Å². The van der Waals surface area contributed by atoms with Crippen LogP contribution >= 0.6 is 0 Å². The lowest BCUT2D eigenvalue weighted by Gasteiger charge is -2.18. The molecule has 0 bridgehead atoms. The lowest BCUT2D eigenvalue weighted by Crippen LogP contribution is -2.36. The molecule has 0 aliphatic rings. The smallest absolute Gasteiger partial charge is 0.330 e. The molecular weight excluding hydrogens is 552 g/mol. The van der Waals surface area contributed by atoms with E-state index in [4.69, 9.17) is 31.1 Å². The maximum absolute atomic E-state index is 12.9. The third kappa shape index (κ3) is 10.3. The van der Waals surface area contributed by atoms with Gasteiger partial charge in [-0.2, -0.15) is 0 Å². The van der Waals surface area contributed by atoms with Crippen molar-refractivity contribution in [3.8, 4) is 17.0 Å². The molecule has 1 unspecified atom stereocenters. The number of guanidine groups is 1. The zero-order valence-corrected chi connectivity index (χ0v) is 24.6. The molecule has 3 aromatic rings. The number of nitrogens with one attached hydrogen (secondary N) is 2. The molecule has 3 rings (SSSR count). The van der Waals surface area contributed by atoms with E-state index in [2.05, 4.69) is 10.3 Å². The Bertz CT molecular complexity index is 1410. The van der Waals surface area contributed by atoms with Gasteiger partial charge in [-0.3, -0.25) is 19.6 Å². The highest BCUT2D eigenvalue weighted by Crippen LogP contribution is 2.24. The molecule has 0 amide bonds. The Morgan fingerprint density at radius 3 is 2.47 bits per heavy atom. The number of rotatable bonds is 16. The average Bonchev–Trinajstić information content (AvgIpc) is 3.00. The molecule has 0 fully saturated rings. The molecule has 0 aliphatic carbocycles. The molecule has 2 aromatic carbocycles. The molecule has 230 valence electrons. The predicted octanol–water partition coefficient (Wildman–Crippen LogP) is 2.68. The largest absolute Gasteiger partial charge is 0.492 e. The third-order valence-electron chi connectivity index (χ3n) is 6.55. The fourth-order valence-corrected chi connectivity index (χ4v) is 4.37. The van der Waals surface area contributed by atoms with Crippen molar-refractivity contribution in [2.24, 2.45) is 11.5 Å². The van der Waals surface area contributed by atoms with Crippen molar-refractivity contribution in [1.82, 2.24) is 14.9 Å². The van der Waals surface area contributed by atoms with Gasteiger partial charge in [0, 0.05) is 31.2 Å². The number of ether oxygens (including phenoxy) is 3. The third-order valence-corrected chi connectivity index (χ3v) is 6.55. The number of nitrogens with zero attached hydrogens (tertiary/aromatic N) is 2. The van der Waals surface area contributed by atoms with Crippen molar-refractivity contribution in [2.45, 2.75) is 58.2 Å². The summed E-state index contributed by atoms with van der Waals surface area (Å²) in [5.74, 6) is -0.465.